The first-order chi connectivity index (χ1) is 59.5. The highest BCUT2D eigenvalue weighted by molar-refractivity contribution is 6.26. The molecule has 0 N–H and O–H groups in total. The third kappa shape index (κ3) is 10.6. The molecule has 4 heteroatoms. The van der Waals surface area contributed by atoms with E-state index in [-0.39, 0.29) is 0 Å². The van der Waals surface area contributed by atoms with Crippen molar-refractivity contribution < 1.29 is 0 Å². The summed E-state index contributed by atoms with van der Waals surface area (Å²) in [7, 11) is 0. The minimum absolute atomic E-state index is 1.15. The second-order valence-corrected chi connectivity index (χ2v) is 32.2. The Balaban J connectivity index is 0.000000133. The summed E-state index contributed by atoms with van der Waals surface area (Å²) < 4.78 is 9.68. The lowest BCUT2D eigenvalue weighted by Crippen LogP contribution is -1.95. The molecule has 0 aliphatic carbocycles. The van der Waals surface area contributed by atoms with Crippen molar-refractivity contribution in [3.05, 3.63) is 437 Å². The van der Waals surface area contributed by atoms with Crippen LogP contribution in [0.15, 0.2) is 437 Å². The maximum atomic E-state index is 2.44. The van der Waals surface area contributed by atoms with Crippen LogP contribution < -0.4 is 0 Å². The maximum absolute atomic E-state index is 2.44. The third-order valence-electron chi connectivity index (χ3n) is 25.7. The number of rotatable bonds is 8. The van der Waals surface area contributed by atoms with Gasteiger partial charge in [-0.1, -0.05) is 303 Å². The highest BCUT2D eigenvalue weighted by Gasteiger charge is 2.22. The summed E-state index contributed by atoms with van der Waals surface area (Å²) in [6.07, 6.45) is 0. The fraction of sp³-hybridized carbons (Fsp3) is 0. The van der Waals surface area contributed by atoms with Crippen LogP contribution in [0.3, 0.4) is 0 Å². The summed E-state index contributed by atoms with van der Waals surface area (Å²) in [5.41, 5.74) is 24.0. The van der Waals surface area contributed by atoms with Crippen LogP contribution >= 0.6 is 0 Å². The molecule has 0 bridgehead atoms. The zero-order valence-electron chi connectivity index (χ0n) is 65.4. The minimum atomic E-state index is 1.15. The van der Waals surface area contributed by atoms with E-state index in [1.165, 1.54) is 229 Å². The standard InChI is InChI=1S/2C58H36N2/c1-2-14-39-32-45(29-26-37(39)12-1)60-55-23-10-8-20-49(55)53-35-41(28-31-57(53)60)40-27-30-56-52(34-40)48-19-7-9-22-54(48)59(56)44-16-11-15-42(33-44)51-36-43-25-24-38-13-3-4-17-46(38)58(43)50-21-6-5-18-47(50)51;1-2-13-40-33-45(30-23-37(40)11-1)60-55-20-10-8-17-49(55)53-35-42(27-32-57(53)60)41-26-31-56-52(34-41)48-16-7-9-19-54(48)59(56)44-28-24-39(25-29-44)51-36-43-22-21-38-12-3-4-14-46(38)58(43)50-18-6-5-15-47(50)51/h2*1-36H. The van der Waals surface area contributed by atoms with Gasteiger partial charge < -0.3 is 18.3 Å². The zero-order valence-corrected chi connectivity index (χ0v) is 65.4. The van der Waals surface area contributed by atoms with E-state index < -0.39 is 0 Å². The Morgan fingerprint density at radius 2 is 0.392 bits per heavy atom. The van der Waals surface area contributed by atoms with Crippen LogP contribution in [0.1, 0.15) is 0 Å². The SMILES string of the molecule is c1cc(-c2cc3ccc4ccccc4c3c3ccccc23)cc(-n2c3ccccc3c3cc(-c4ccc5c(c4)c4ccccc4n5-c4ccc5ccccc5c4)ccc32)c1.c1ccc2cc(-n3c4ccccc4c4cc(-c5ccc6c(c5)c5ccccc5n6-c5ccc(-c6cc7ccc8ccccc8c7c7ccccc67)cc5)ccc43)ccc2c1. The van der Waals surface area contributed by atoms with Crippen LogP contribution in [0.5, 0.6) is 0 Å². The summed E-state index contributed by atoms with van der Waals surface area (Å²) in [4.78, 5) is 0. The monoisotopic (exact) mass is 1520 g/mol. The molecule has 0 spiro atoms. The normalized spacial score (nSPS) is 12.0. The number of hydrogen-bond donors (Lipinski definition) is 0. The molecule has 0 saturated heterocycles. The highest BCUT2D eigenvalue weighted by Crippen LogP contribution is 2.46. The quantitative estimate of drug-likeness (QED) is 0.135. The van der Waals surface area contributed by atoms with Gasteiger partial charge in [0.1, 0.15) is 0 Å². The maximum Gasteiger partial charge on any atom is 0.0541 e. The van der Waals surface area contributed by atoms with Crippen LogP contribution in [-0.4, -0.2) is 18.3 Å². The number of para-hydroxylation sites is 4. The van der Waals surface area contributed by atoms with Gasteiger partial charge in [-0.2, -0.15) is 0 Å². The third-order valence-corrected chi connectivity index (χ3v) is 25.7. The van der Waals surface area contributed by atoms with E-state index in [0.717, 1.165) is 11.4 Å². The van der Waals surface area contributed by atoms with E-state index in [9.17, 15) is 0 Å². The van der Waals surface area contributed by atoms with Gasteiger partial charge in [0.2, 0.25) is 0 Å². The van der Waals surface area contributed by atoms with Crippen molar-refractivity contribution >= 4 is 173 Å². The number of hydrogen-bond acceptors (Lipinski definition) is 0. The minimum Gasteiger partial charge on any atom is -0.309 e. The van der Waals surface area contributed by atoms with Gasteiger partial charge in [-0.25, -0.2) is 0 Å². The molecule has 556 valence electrons. The van der Waals surface area contributed by atoms with Crippen LogP contribution in [0.2, 0.25) is 0 Å². The predicted molar refractivity (Wildman–Crippen MR) is 512 cm³/mol. The van der Waals surface area contributed by atoms with Gasteiger partial charge in [0, 0.05) is 65.8 Å². The van der Waals surface area contributed by atoms with Crippen molar-refractivity contribution in [3.8, 4) is 67.3 Å². The number of fused-ring (bicyclic) bond motifs is 24. The molecule has 0 saturated carbocycles. The van der Waals surface area contributed by atoms with Gasteiger partial charge in [-0.3, -0.25) is 0 Å². The molecule has 22 aromatic carbocycles. The molecule has 0 atom stereocenters. The predicted octanol–water partition coefficient (Wildman–Crippen LogP) is 31.7. The smallest absolute Gasteiger partial charge is 0.0541 e. The Labute approximate surface area is 691 Å². The van der Waals surface area contributed by atoms with Crippen molar-refractivity contribution in [3.63, 3.8) is 0 Å². The average Bonchev–Trinajstić information content (AvgIpc) is 1.22. The molecule has 0 amide bonds. The van der Waals surface area contributed by atoms with Crippen molar-refractivity contribution in [2.45, 2.75) is 0 Å². The Morgan fingerprint density at radius 1 is 0.117 bits per heavy atom. The fourth-order valence-corrected chi connectivity index (χ4v) is 20.2. The Morgan fingerprint density at radius 3 is 0.792 bits per heavy atom. The lowest BCUT2D eigenvalue weighted by atomic mass is 9.90. The molecule has 4 aromatic heterocycles. The topological polar surface area (TPSA) is 19.7 Å². The molecule has 0 radical (unpaired) electrons. The van der Waals surface area contributed by atoms with Gasteiger partial charge in [0.25, 0.3) is 0 Å². The van der Waals surface area contributed by atoms with Gasteiger partial charge in [0.05, 0.1) is 44.1 Å². The zero-order chi connectivity index (χ0) is 78.6. The highest BCUT2D eigenvalue weighted by atomic mass is 15.0. The lowest BCUT2D eigenvalue weighted by molar-refractivity contribution is 1.18. The van der Waals surface area contributed by atoms with Gasteiger partial charge in [-0.15, -0.1) is 0 Å². The van der Waals surface area contributed by atoms with Gasteiger partial charge >= 0.3 is 0 Å². The van der Waals surface area contributed by atoms with E-state index in [2.05, 4.69) is 455 Å². The van der Waals surface area contributed by atoms with E-state index >= 15 is 0 Å². The molecular weight excluding hydrogens is 1450 g/mol. The fourth-order valence-electron chi connectivity index (χ4n) is 20.2. The van der Waals surface area contributed by atoms with Gasteiger partial charge in [0.15, 0.2) is 0 Å². The first-order valence-corrected chi connectivity index (χ1v) is 41.5. The summed E-state index contributed by atoms with van der Waals surface area (Å²) in [5.74, 6) is 0. The number of aromatic nitrogens is 4. The lowest BCUT2D eigenvalue weighted by Gasteiger charge is -2.15. The second-order valence-electron chi connectivity index (χ2n) is 32.2. The molecule has 4 nitrogen and oxygen atoms in total. The van der Waals surface area contributed by atoms with E-state index in [1.54, 1.807) is 0 Å². The van der Waals surface area contributed by atoms with Crippen molar-refractivity contribution in [2.75, 3.05) is 0 Å². The number of benzene rings is 22. The molecule has 120 heavy (non-hydrogen) atoms. The molecule has 26 rings (SSSR count). The van der Waals surface area contributed by atoms with Crippen LogP contribution in [-0.2, 0) is 0 Å². The van der Waals surface area contributed by atoms with Crippen molar-refractivity contribution in [1.82, 2.24) is 18.3 Å². The molecule has 0 unspecified atom stereocenters. The molecule has 4 heterocycles. The molecule has 0 aliphatic heterocycles. The number of nitrogens with zero attached hydrogens (tertiary/aromatic N) is 4. The summed E-state index contributed by atoms with van der Waals surface area (Å²) in [6.45, 7) is 0. The first-order valence-electron chi connectivity index (χ1n) is 41.5. The summed E-state index contributed by atoms with van der Waals surface area (Å²) >= 11 is 0. The Bertz CT molecular complexity index is 8800. The van der Waals surface area contributed by atoms with Crippen molar-refractivity contribution in [2.24, 2.45) is 0 Å². The molecule has 26 aromatic rings. The van der Waals surface area contributed by atoms with Crippen molar-refractivity contribution in [1.29, 1.82) is 0 Å². The van der Waals surface area contributed by atoms with Crippen LogP contribution in [0.25, 0.3) is 241 Å². The Kier molecular flexibility index (Phi) is 15.1. The largest absolute Gasteiger partial charge is 0.309 e. The summed E-state index contributed by atoms with van der Waals surface area (Å²) in [6, 6.07) is 161. The second kappa shape index (κ2) is 26.9. The summed E-state index contributed by atoms with van der Waals surface area (Å²) in [5, 5.41) is 30.4. The molecule has 0 aliphatic rings. The molecule has 0 fully saturated rings. The van der Waals surface area contributed by atoms with Crippen LogP contribution in [0, 0.1) is 0 Å². The average molecular weight is 1520 g/mol. The van der Waals surface area contributed by atoms with E-state index in [4.69, 9.17) is 0 Å². The molecular formula is C116H72N4. The van der Waals surface area contributed by atoms with E-state index in [1.807, 2.05) is 0 Å². The van der Waals surface area contributed by atoms with Crippen LogP contribution in [0.4, 0.5) is 0 Å². The van der Waals surface area contributed by atoms with Gasteiger partial charge in [-0.05, 0) is 264 Å². The Hall–Kier alpha value is -15.9. The van der Waals surface area contributed by atoms with E-state index in [0.29, 0.717) is 0 Å². The first kappa shape index (κ1) is 67.5.